The molecule has 0 saturated heterocycles. The van der Waals surface area contributed by atoms with Gasteiger partial charge in [0.1, 0.15) is 0 Å². The van der Waals surface area contributed by atoms with E-state index in [9.17, 15) is 4.79 Å². The number of carbonyl (C=O) groups is 1. The van der Waals surface area contributed by atoms with E-state index in [-0.39, 0.29) is 5.91 Å². The van der Waals surface area contributed by atoms with Gasteiger partial charge >= 0.3 is 0 Å². The summed E-state index contributed by atoms with van der Waals surface area (Å²) >= 11 is 0. The summed E-state index contributed by atoms with van der Waals surface area (Å²) in [5.74, 6) is 0.0932. The number of nitrogens with two attached hydrogens (primary N) is 1. The summed E-state index contributed by atoms with van der Waals surface area (Å²) in [4.78, 5) is 15.9. The fourth-order valence-electron chi connectivity index (χ4n) is 1.40. The second-order valence-corrected chi connectivity index (χ2v) is 3.75. The van der Waals surface area contributed by atoms with Crippen LogP contribution >= 0.6 is 0 Å². The molecule has 4 N–H and O–H groups in total. The second kappa shape index (κ2) is 4.25. The van der Waals surface area contributed by atoms with Crippen LogP contribution in [0.2, 0.25) is 0 Å². The average Bonchev–Trinajstić information content (AvgIpc) is 2.61. The van der Waals surface area contributed by atoms with Crippen molar-refractivity contribution < 1.29 is 4.79 Å². The van der Waals surface area contributed by atoms with E-state index in [0.29, 0.717) is 17.1 Å². The van der Waals surface area contributed by atoms with Crippen molar-refractivity contribution in [2.24, 2.45) is 0 Å². The molecule has 2 rings (SSSR count). The van der Waals surface area contributed by atoms with Crippen molar-refractivity contribution in [3.05, 3.63) is 35.3 Å². The molecular formula is C11H13N5O. The zero-order valence-corrected chi connectivity index (χ0v) is 9.61. The first kappa shape index (κ1) is 11.1. The summed E-state index contributed by atoms with van der Waals surface area (Å²) in [7, 11) is 0. The minimum Gasteiger partial charge on any atom is -0.394 e. The molecule has 0 aliphatic heterocycles. The molecule has 17 heavy (non-hydrogen) atoms. The predicted molar refractivity (Wildman–Crippen MR) is 64.7 cm³/mol. The average molecular weight is 231 g/mol. The molecule has 0 saturated carbocycles. The number of carbonyl (C=O) groups excluding carboxylic acids is 1. The van der Waals surface area contributed by atoms with E-state index in [4.69, 9.17) is 5.73 Å². The van der Waals surface area contributed by atoms with Gasteiger partial charge in [-0.1, -0.05) is 0 Å². The molecule has 2 aromatic rings. The van der Waals surface area contributed by atoms with Crippen LogP contribution in [0.15, 0.2) is 18.3 Å². The number of anilines is 2. The Morgan fingerprint density at radius 2 is 2.24 bits per heavy atom. The third kappa shape index (κ3) is 2.25. The molecule has 0 atom stereocenters. The molecule has 1 amide bonds. The molecule has 0 aliphatic carbocycles. The highest BCUT2D eigenvalue weighted by atomic mass is 16.1. The number of aromatic nitrogens is 3. The lowest BCUT2D eigenvalue weighted by molar-refractivity contribution is 0.102. The van der Waals surface area contributed by atoms with Gasteiger partial charge in [0.15, 0.2) is 5.82 Å². The van der Waals surface area contributed by atoms with Gasteiger partial charge in [0.25, 0.3) is 5.91 Å². The van der Waals surface area contributed by atoms with Gasteiger partial charge < -0.3 is 11.1 Å². The fourth-order valence-corrected chi connectivity index (χ4v) is 1.40. The molecule has 2 heterocycles. The van der Waals surface area contributed by atoms with E-state index in [2.05, 4.69) is 20.5 Å². The Morgan fingerprint density at radius 1 is 1.47 bits per heavy atom. The number of aryl methyl sites for hydroxylation is 2. The number of hydrogen-bond donors (Lipinski definition) is 3. The Kier molecular flexibility index (Phi) is 2.78. The second-order valence-electron chi connectivity index (χ2n) is 3.75. The quantitative estimate of drug-likeness (QED) is 0.724. The van der Waals surface area contributed by atoms with Crippen molar-refractivity contribution in [3.8, 4) is 0 Å². The Bertz CT molecular complexity index is 561. The standard InChI is InChI=1S/C11H13N5O/c1-6-5-8(3-4-13-6)11(17)14-10-9(12)7(2)15-16-10/h3-5H,12H2,1-2H3,(H2,14,15,16,17). The highest BCUT2D eigenvalue weighted by Crippen LogP contribution is 2.18. The SMILES string of the molecule is Cc1cc(C(=O)Nc2n[nH]c(C)c2N)ccn1. The number of hydrogen-bond acceptors (Lipinski definition) is 4. The Labute approximate surface area is 98.3 Å². The first-order valence-corrected chi connectivity index (χ1v) is 5.12. The normalized spacial score (nSPS) is 10.2. The van der Waals surface area contributed by atoms with Crippen LogP contribution in [0.25, 0.3) is 0 Å². The summed E-state index contributed by atoms with van der Waals surface area (Å²) in [6, 6.07) is 3.34. The number of nitrogens with zero attached hydrogens (tertiary/aromatic N) is 2. The van der Waals surface area contributed by atoms with Gasteiger partial charge in [0.05, 0.1) is 11.4 Å². The fraction of sp³-hybridized carbons (Fsp3) is 0.182. The number of nitrogen functional groups attached to an aromatic ring is 1. The number of nitrogens with one attached hydrogen (secondary N) is 2. The van der Waals surface area contributed by atoms with Gasteiger partial charge in [0, 0.05) is 17.5 Å². The third-order valence-electron chi connectivity index (χ3n) is 2.39. The zero-order valence-electron chi connectivity index (χ0n) is 9.61. The number of pyridine rings is 1. The lowest BCUT2D eigenvalue weighted by atomic mass is 10.2. The molecule has 0 spiro atoms. The Hall–Kier alpha value is -2.37. The molecule has 2 aromatic heterocycles. The van der Waals surface area contributed by atoms with Crippen LogP contribution in [-0.2, 0) is 0 Å². The van der Waals surface area contributed by atoms with Crippen LogP contribution < -0.4 is 11.1 Å². The van der Waals surface area contributed by atoms with Crippen molar-refractivity contribution >= 4 is 17.4 Å². The molecule has 6 nitrogen and oxygen atoms in total. The molecular weight excluding hydrogens is 218 g/mol. The first-order valence-electron chi connectivity index (χ1n) is 5.12. The van der Waals surface area contributed by atoms with Crippen molar-refractivity contribution in [3.63, 3.8) is 0 Å². The van der Waals surface area contributed by atoms with Crippen LogP contribution in [0.1, 0.15) is 21.7 Å². The van der Waals surface area contributed by atoms with Crippen molar-refractivity contribution in [1.82, 2.24) is 15.2 Å². The van der Waals surface area contributed by atoms with E-state index in [1.54, 1.807) is 25.3 Å². The summed E-state index contributed by atoms with van der Waals surface area (Å²) in [5, 5.41) is 9.25. The molecule has 88 valence electrons. The molecule has 0 unspecified atom stereocenters. The van der Waals surface area contributed by atoms with Gasteiger partial charge in [-0.2, -0.15) is 5.10 Å². The van der Waals surface area contributed by atoms with Crippen LogP contribution in [0.4, 0.5) is 11.5 Å². The van der Waals surface area contributed by atoms with E-state index in [1.165, 1.54) is 0 Å². The number of H-pyrrole nitrogens is 1. The monoisotopic (exact) mass is 231 g/mol. The lowest BCUT2D eigenvalue weighted by Crippen LogP contribution is -2.13. The highest BCUT2D eigenvalue weighted by Gasteiger charge is 2.11. The van der Waals surface area contributed by atoms with Crippen LogP contribution in [0.3, 0.4) is 0 Å². The largest absolute Gasteiger partial charge is 0.394 e. The predicted octanol–water partition coefficient (Wildman–Crippen LogP) is 1.26. The number of aromatic amines is 1. The van der Waals surface area contributed by atoms with Crippen molar-refractivity contribution in [2.75, 3.05) is 11.1 Å². The smallest absolute Gasteiger partial charge is 0.257 e. The number of amides is 1. The maximum absolute atomic E-state index is 11.9. The number of rotatable bonds is 2. The van der Waals surface area contributed by atoms with E-state index < -0.39 is 0 Å². The van der Waals surface area contributed by atoms with Gasteiger partial charge in [0.2, 0.25) is 0 Å². The van der Waals surface area contributed by atoms with Crippen molar-refractivity contribution in [2.45, 2.75) is 13.8 Å². The van der Waals surface area contributed by atoms with Crippen LogP contribution in [0, 0.1) is 13.8 Å². The Balaban J connectivity index is 2.20. The van der Waals surface area contributed by atoms with E-state index in [1.807, 2.05) is 6.92 Å². The minimum atomic E-state index is -0.256. The molecule has 0 radical (unpaired) electrons. The third-order valence-corrected chi connectivity index (χ3v) is 2.39. The summed E-state index contributed by atoms with van der Waals surface area (Å²) in [6.45, 7) is 3.61. The molecule has 6 heteroatoms. The summed E-state index contributed by atoms with van der Waals surface area (Å²) in [5.41, 5.74) is 8.22. The maximum Gasteiger partial charge on any atom is 0.257 e. The first-order chi connectivity index (χ1) is 8.08. The molecule has 0 aromatic carbocycles. The van der Waals surface area contributed by atoms with Crippen LogP contribution in [0.5, 0.6) is 0 Å². The van der Waals surface area contributed by atoms with Crippen molar-refractivity contribution in [1.29, 1.82) is 0 Å². The minimum absolute atomic E-state index is 0.256. The van der Waals surface area contributed by atoms with Gasteiger partial charge in [-0.25, -0.2) is 0 Å². The van der Waals surface area contributed by atoms with E-state index in [0.717, 1.165) is 11.4 Å². The molecule has 0 fully saturated rings. The van der Waals surface area contributed by atoms with Crippen LogP contribution in [-0.4, -0.2) is 21.1 Å². The maximum atomic E-state index is 11.9. The molecule has 0 aliphatic rings. The highest BCUT2D eigenvalue weighted by molar-refractivity contribution is 6.05. The summed E-state index contributed by atoms with van der Waals surface area (Å²) in [6.07, 6.45) is 1.59. The van der Waals surface area contributed by atoms with Gasteiger partial charge in [-0.15, -0.1) is 0 Å². The van der Waals surface area contributed by atoms with E-state index >= 15 is 0 Å². The van der Waals surface area contributed by atoms with Gasteiger partial charge in [-0.05, 0) is 26.0 Å². The lowest BCUT2D eigenvalue weighted by Gasteiger charge is -2.03. The Morgan fingerprint density at radius 3 is 2.82 bits per heavy atom. The zero-order chi connectivity index (χ0) is 12.4. The van der Waals surface area contributed by atoms with Gasteiger partial charge in [-0.3, -0.25) is 14.9 Å². The topological polar surface area (TPSA) is 96.7 Å². The summed E-state index contributed by atoms with van der Waals surface area (Å²) < 4.78 is 0. The molecule has 0 bridgehead atoms.